The lowest BCUT2D eigenvalue weighted by Gasteiger charge is -2.30. The van der Waals surface area contributed by atoms with E-state index in [9.17, 15) is 4.79 Å². The van der Waals surface area contributed by atoms with Crippen LogP contribution in [-0.2, 0) is 6.54 Å². The molecule has 5 heteroatoms. The molecule has 4 nitrogen and oxygen atoms in total. The van der Waals surface area contributed by atoms with Gasteiger partial charge in [0.1, 0.15) is 5.69 Å². The van der Waals surface area contributed by atoms with E-state index in [1.807, 2.05) is 42.7 Å². The van der Waals surface area contributed by atoms with Crippen molar-refractivity contribution in [3.8, 4) is 0 Å². The van der Waals surface area contributed by atoms with Gasteiger partial charge in [-0.1, -0.05) is 6.92 Å². The Balaban J connectivity index is 2.96. The van der Waals surface area contributed by atoms with Crippen molar-refractivity contribution in [2.24, 2.45) is 0 Å². The number of rotatable bonds is 7. The van der Waals surface area contributed by atoms with Crippen LogP contribution in [0.25, 0.3) is 0 Å². The SMILES string of the molecule is CCCn1cc(Br)cc1C(=O)N(CC)C(C)CN(C)C. The number of hydrogen-bond donors (Lipinski definition) is 0. The van der Waals surface area contributed by atoms with Crippen molar-refractivity contribution in [2.75, 3.05) is 27.2 Å². The van der Waals surface area contributed by atoms with Crippen LogP contribution in [0.15, 0.2) is 16.7 Å². The van der Waals surface area contributed by atoms with E-state index in [-0.39, 0.29) is 11.9 Å². The summed E-state index contributed by atoms with van der Waals surface area (Å²) in [5, 5.41) is 0. The van der Waals surface area contributed by atoms with Gasteiger partial charge in [-0.2, -0.15) is 0 Å². The second-order valence-corrected chi connectivity index (χ2v) is 6.36. The maximum absolute atomic E-state index is 12.8. The first-order chi connectivity index (χ1) is 9.40. The number of carbonyl (C=O) groups excluding carboxylic acids is 1. The summed E-state index contributed by atoms with van der Waals surface area (Å²) in [5.41, 5.74) is 0.770. The molecule has 0 radical (unpaired) electrons. The third-order valence-electron chi connectivity index (χ3n) is 3.31. The van der Waals surface area contributed by atoms with Crippen LogP contribution in [0, 0.1) is 0 Å². The van der Waals surface area contributed by atoms with Crippen molar-refractivity contribution >= 4 is 21.8 Å². The number of halogens is 1. The third kappa shape index (κ3) is 4.35. The zero-order valence-corrected chi connectivity index (χ0v) is 14.8. The Kier molecular flexibility index (Phi) is 6.76. The number of aryl methyl sites for hydroxylation is 1. The molecule has 0 aromatic carbocycles. The number of hydrogen-bond acceptors (Lipinski definition) is 2. The van der Waals surface area contributed by atoms with Gasteiger partial charge < -0.3 is 14.4 Å². The van der Waals surface area contributed by atoms with Gasteiger partial charge in [-0.15, -0.1) is 0 Å². The smallest absolute Gasteiger partial charge is 0.270 e. The third-order valence-corrected chi connectivity index (χ3v) is 3.74. The Morgan fingerprint density at radius 1 is 1.40 bits per heavy atom. The molecule has 1 amide bonds. The topological polar surface area (TPSA) is 28.5 Å². The average Bonchev–Trinajstić information content (AvgIpc) is 2.70. The minimum atomic E-state index is 0.112. The van der Waals surface area contributed by atoms with Crippen molar-refractivity contribution in [3.05, 3.63) is 22.4 Å². The van der Waals surface area contributed by atoms with Crippen LogP contribution < -0.4 is 0 Å². The molecular formula is C15H26BrN3O. The fraction of sp³-hybridized carbons (Fsp3) is 0.667. The second-order valence-electron chi connectivity index (χ2n) is 5.44. The molecule has 0 bridgehead atoms. The maximum atomic E-state index is 12.8. The molecule has 0 aliphatic carbocycles. The van der Waals surface area contributed by atoms with Gasteiger partial charge in [-0.05, 0) is 56.4 Å². The van der Waals surface area contributed by atoms with Crippen LogP contribution >= 0.6 is 15.9 Å². The van der Waals surface area contributed by atoms with Crippen LogP contribution in [0.2, 0.25) is 0 Å². The molecule has 114 valence electrons. The van der Waals surface area contributed by atoms with E-state index in [0.717, 1.165) is 36.2 Å². The Morgan fingerprint density at radius 2 is 2.05 bits per heavy atom. The lowest BCUT2D eigenvalue weighted by atomic mass is 10.2. The largest absolute Gasteiger partial charge is 0.342 e. The van der Waals surface area contributed by atoms with Gasteiger partial charge in [-0.3, -0.25) is 4.79 Å². The molecule has 0 N–H and O–H groups in total. The molecule has 1 atom stereocenters. The van der Waals surface area contributed by atoms with Crippen LogP contribution in [0.5, 0.6) is 0 Å². The van der Waals surface area contributed by atoms with E-state index < -0.39 is 0 Å². The molecule has 1 unspecified atom stereocenters. The minimum Gasteiger partial charge on any atom is -0.342 e. The fourth-order valence-electron chi connectivity index (χ4n) is 2.51. The Bertz CT molecular complexity index is 442. The highest BCUT2D eigenvalue weighted by atomic mass is 79.9. The molecule has 0 saturated carbocycles. The van der Waals surface area contributed by atoms with Crippen molar-refractivity contribution in [2.45, 2.75) is 39.8 Å². The molecule has 1 aromatic rings. The summed E-state index contributed by atoms with van der Waals surface area (Å²) in [6.07, 6.45) is 3.00. The van der Waals surface area contributed by atoms with Crippen LogP contribution in [0.3, 0.4) is 0 Å². The molecule has 0 fully saturated rings. The molecule has 1 rings (SSSR count). The fourth-order valence-corrected chi connectivity index (χ4v) is 2.97. The Labute approximate surface area is 130 Å². The van der Waals surface area contributed by atoms with Crippen molar-refractivity contribution < 1.29 is 4.79 Å². The van der Waals surface area contributed by atoms with E-state index in [1.54, 1.807) is 0 Å². The Hall–Kier alpha value is -0.810. The first-order valence-electron chi connectivity index (χ1n) is 7.22. The second kappa shape index (κ2) is 7.84. The molecular weight excluding hydrogens is 318 g/mol. The van der Waals surface area contributed by atoms with Crippen LogP contribution in [0.1, 0.15) is 37.7 Å². The van der Waals surface area contributed by atoms with Gasteiger partial charge in [-0.25, -0.2) is 0 Å². The molecule has 0 saturated heterocycles. The van der Waals surface area contributed by atoms with Gasteiger partial charge in [0.15, 0.2) is 0 Å². The number of amides is 1. The predicted octanol–water partition coefficient (Wildman–Crippen LogP) is 3.07. The summed E-state index contributed by atoms with van der Waals surface area (Å²) in [4.78, 5) is 16.8. The van der Waals surface area contributed by atoms with Crippen molar-refractivity contribution in [1.29, 1.82) is 0 Å². The highest BCUT2D eigenvalue weighted by Gasteiger charge is 2.23. The van der Waals surface area contributed by atoms with Crippen LogP contribution in [0.4, 0.5) is 0 Å². The molecule has 0 spiro atoms. The highest BCUT2D eigenvalue weighted by Crippen LogP contribution is 2.18. The molecule has 20 heavy (non-hydrogen) atoms. The Morgan fingerprint density at radius 3 is 2.55 bits per heavy atom. The first-order valence-corrected chi connectivity index (χ1v) is 8.01. The lowest BCUT2D eigenvalue weighted by Crippen LogP contribution is -2.44. The molecule has 1 aromatic heterocycles. The quantitative estimate of drug-likeness (QED) is 0.761. The van der Waals surface area contributed by atoms with Gasteiger partial charge in [0.05, 0.1) is 0 Å². The first kappa shape index (κ1) is 17.2. The van der Waals surface area contributed by atoms with Gasteiger partial charge >= 0.3 is 0 Å². The summed E-state index contributed by atoms with van der Waals surface area (Å²) < 4.78 is 3.00. The number of nitrogens with zero attached hydrogens (tertiary/aromatic N) is 3. The summed E-state index contributed by atoms with van der Waals surface area (Å²) in [7, 11) is 4.07. The summed E-state index contributed by atoms with van der Waals surface area (Å²) in [6.45, 7) is 8.72. The zero-order chi connectivity index (χ0) is 15.3. The summed E-state index contributed by atoms with van der Waals surface area (Å²) in [6, 6.07) is 2.12. The number of aromatic nitrogens is 1. The van der Waals surface area contributed by atoms with Crippen molar-refractivity contribution in [3.63, 3.8) is 0 Å². The average molecular weight is 344 g/mol. The highest BCUT2D eigenvalue weighted by molar-refractivity contribution is 9.10. The van der Waals surface area contributed by atoms with Gasteiger partial charge in [0, 0.05) is 36.3 Å². The predicted molar refractivity (Wildman–Crippen MR) is 87.1 cm³/mol. The van der Waals surface area contributed by atoms with Crippen LogP contribution in [-0.4, -0.2) is 53.5 Å². The van der Waals surface area contributed by atoms with E-state index >= 15 is 0 Å². The monoisotopic (exact) mass is 343 g/mol. The number of carbonyl (C=O) groups is 1. The van der Waals surface area contributed by atoms with E-state index in [2.05, 4.69) is 34.7 Å². The van der Waals surface area contributed by atoms with Gasteiger partial charge in [0.2, 0.25) is 0 Å². The lowest BCUT2D eigenvalue weighted by molar-refractivity contribution is 0.0668. The summed E-state index contributed by atoms with van der Waals surface area (Å²) in [5.74, 6) is 0.112. The minimum absolute atomic E-state index is 0.112. The zero-order valence-electron chi connectivity index (χ0n) is 13.2. The van der Waals surface area contributed by atoms with Gasteiger partial charge in [0.25, 0.3) is 5.91 Å². The normalized spacial score (nSPS) is 12.8. The van der Waals surface area contributed by atoms with E-state index in [1.165, 1.54) is 0 Å². The molecule has 1 heterocycles. The molecule has 0 aliphatic heterocycles. The molecule has 0 aliphatic rings. The standard InChI is InChI=1S/C15H26BrN3O/c1-6-8-18-11-13(16)9-14(18)15(20)19(7-2)12(3)10-17(4)5/h9,11-12H,6-8,10H2,1-5H3. The number of likely N-dealkylation sites (N-methyl/N-ethyl adjacent to an activating group) is 2. The van der Waals surface area contributed by atoms with Crippen molar-refractivity contribution in [1.82, 2.24) is 14.4 Å². The summed E-state index contributed by atoms with van der Waals surface area (Å²) >= 11 is 3.47. The van der Waals surface area contributed by atoms with E-state index in [0.29, 0.717) is 0 Å². The van der Waals surface area contributed by atoms with E-state index in [4.69, 9.17) is 0 Å². The maximum Gasteiger partial charge on any atom is 0.270 e.